The van der Waals surface area contributed by atoms with Crippen LogP contribution in [0.5, 0.6) is 0 Å². The summed E-state index contributed by atoms with van der Waals surface area (Å²) in [5.74, 6) is 0.664. The lowest BCUT2D eigenvalue weighted by atomic mass is 10.2. The number of hydrogen-bond acceptors (Lipinski definition) is 2. The van der Waals surface area contributed by atoms with Crippen molar-refractivity contribution in [2.45, 2.75) is 18.9 Å². The second-order valence-electron chi connectivity index (χ2n) is 2.54. The molecule has 1 rings (SSSR count). The molecule has 2 heteroatoms. The molecule has 0 aliphatic heterocycles. The van der Waals surface area contributed by atoms with E-state index in [1.807, 2.05) is 0 Å². The summed E-state index contributed by atoms with van der Waals surface area (Å²) in [7, 11) is 0. The molecule has 1 aliphatic carbocycles. The van der Waals surface area contributed by atoms with Crippen LogP contribution in [0, 0.1) is 5.92 Å². The largest absolute Gasteiger partial charge is 0.329 e. The zero-order valence-corrected chi connectivity index (χ0v) is 4.65. The average Bonchev–Trinajstić information content (AvgIpc) is 2.18. The molecule has 2 atom stereocenters. The van der Waals surface area contributed by atoms with Gasteiger partial charge in [-0.1, -0.05) is 6.92 Å². The topological polar surface area (TPSA) is 52.0 Å². The lowest BCUT2D eigenvalue weighted by Crippen LogP contribution is -2.33. The summed E-state index contributed by atoms with van der Waals surface area (Å²) in [5.41, 5.74) is 11.0. The van der Waals surface area contributed by atoms with Crippen LogP contribution < -0.4 is 11.5 Å². The Morgan fingerprint density at radius 3 is 2.29 bits per heavy atom. The smallest absolute Gasteiger partial charge is 0.0308 e. The van der Waals surface area contributed by atoms with Crippen LogP contribution in [0.2, 0.25) is 0 Å². The van der Waals surface area contributed by atoms with Crippen molar-refractivity contribution < 1.29 is 0 Å². The highest BCUT2D eigenvalue weighted by Gasteiger charge is 2.45. The van der Waals surface area contributed by atoms with Gasteiger partial charge in [0.15, 0.2) is 0 Å². The van der Waals surface area contributed by atoms with Crippen molar-refractivity contribution in [1.29, 1.82) is 0 Å². The standard InChI is InChI=1S/C5H12N2/c1-4-2-5(4,7)3-6/h4H,2-3,6-7H2,1H3. The molecule has 1 aliphatic rings. The molecule has 0 aromatic carbocycles. The number of rotatable bonds is 1. The van der Waals surface area contributed by atoms with Gasteiger partial charge < -0.3 is 11.5 Å². The molecule has 0 aromatic heterocycles. The molecule has 7 heavy (non-hydrogen) atoms. The van der Waals surface area contributed by atoms with Crippen molar-refractivity contribution in [2.24, 2.45) is 17.4 Å². The van der Waals surface area contributed by atoms with Crippen LogP contribution in [0.3, 0.4) is 0 Å². The molecule has 0 spiro atoms. The van der Waals surface area contributed by atoms with Crippen molar-refractivity contribution in [3.05, 3.63) is 0 Å². The van der Waals surface area contributed by atoms with Gasteiger partial charge in [-0.2, -0.15) is 0 Å². The molecule has 0 bridgehead atoms. The molecule has 0 heterocycles. The summed E-state index contributed by atoms with van der Waals surface area (Å²) >= 11 is 0. The van der Waals surface area contributed by atoms with E-state index in [9.17, 15) is 0 Å². The summed E-state index contributed by atoms with van der Waals surface area (Å²) in [5, 5.41) is 0. The van der Waals surface area contributed by atoms with Crippen LogP contribution in [-0.4, -0.2) is 12.1 Å². The molecule has 1 saturated carbocycles. The van der Waals surface area contributed by atoms with Crippen molar-refractivity contribution in [1.82, 2.24) is 0 Å². The third-order valence-corrected chi connectivity index (χ3v) is 1.89. The maximum absolute atomic E-state index is 5.66. The van der Waals surface area contributed by atoms with E-state index < -0.39 is 0 Å². The predicted octanol–water partition coefficient (Wildman–Crippen LogP) is -0.318. The molecule has 0 saturated heterocycles. The lowest BCUT2D eigenvalue weighted by molar-refractivity contribution is 0.630. The molecular weight excluding hydrogens is 88.1 g/mol. The lowest BCUT2D eigenvalue weighted by Gasteiger charge is -2.01. The van der Waals surface area contributed by atoms with E-state index in [0.29, 0.717) is 12.5 Å². The Labute approximate surface area is 43.9 Å². The van der Waals surface area contributed by atoms with Crippen molar-refractivity contribution in [2.75, 3.05) is 6.54 Å². The Bertz CT molecular complexity index is 78.1. The van der Waals surface area contributed by atoms with Gasteiger partial charge in [0.25, 0.3) is 0 Å². The zero-order valence-electron chi connectivity index (χ0n) is 4.65. The Morgan fingerprint density at radius 2 is 2.29 bits per heavy atom. The van der Waals surface area contributed by atoms with Crippen molar-refractivity contribution in [3.63, 3.8) is 0 Å². The van der Waals surface area contributed by atoms with Crippen LogP contribution >= 0.6 is 0 Å². The highest BCUT2D eigenvalue weighted by atomic mass is 14.9. The van der Waals surface area contributed by atoms with E-state index in [0.717, 1.165) is 6.42 Å². The normalized spacial score (nSPS) is 49.3. The van der Waals surface area contributed by atoms with Crippen molar-refractivity contribution in [3.8, 4) is 0 Å². The van der Waals surface area contributed by atoms with Crippen LogP contribution in [0.15, 0.2) is 0 Å². The molecule has 2 nitrogen and oxygen atoms in total. The fourth-order valence-electron chi connectivity index (χ4n) is 0.796. The number of hydrogen-bond donors (Lipinski definition) is 2. The molecule has 4 N–H and O–H groups in total. The van der Waals surface area contributed by atoms with Crippen LogP contribution in [-0.2, 0) is 0 Å². The van der Waals surface area contributed by atoms with E-state index in [4.69, 9.17) is 11.5 Å². The second-order valence-corrected chi connectivity index (χ2v) is 2.54. The number of nitrogens with two attached hydrogens (primary N) is 2. The van der Waals surface area contributed by atoms with Gasteiger partial charge in [-0.05, 0) is 12.3 Å². The third kappa shape index (κ3) is 0.640. The zero-order chi connectivity index (χ0) is 5.49. The van der Waals surface area contributed by atoms with Gasteiger partial charge >= 0.3 is 0 Å². The summed E-state index contributed by atoms with van der Waals surface area (Å²) < 4.78 is 0. The minimum atomic E-state index is 0.0278. The highest BCUT2D eigenvalue weighted by Crippen LogP contribution is 2.38. The maximum Gasteiger partial charge on any atom is 0.0308 e. The Hall–Kier alpha value is -0.0800. The average molecular weight is 100 g/mol. The highest BCUT2D eigenvalue weighted by molar-refractivity contribution is 5.05. The Balaban J connectivity index is 2.36. The Morgan fingerprint density at radius 1 is 1.86 bits per heavy atom. The van der Waals surface area contributed by atoms with E-state index in [2.05, 4.69) is 6.92 Å². The first kappa shape index (κ1) is 5.06. The third-order valence-electron chi connectivity index (χ3n) is 1.89. The van der Waals surface area contributed by atoms with E-state index in [-0.39, 0.29) is 5.54 Å². The van der Waals surface area contributed by atoms with Gasteiger partial charge in [0.2, 0.25) is 0 Å². The van der Waals surface area contributed by atoms with E-state index in [1.54, 1.807) is 0 Å². The SMILES string of the molecule is CC1CC1(N)CN. The van der Waals surface area contributed by atoms with Gasteiger partial charge in [0.1, 0.15) is 0 Å². The van der Waals surface area contributed by atoms with Gasteiger partial charge in [-0.15, -0.1) is 0 Å². The first-order valence-corrected chi connectivity index (χ1v) is 2.68. The predicted molar refractivity (Wildman–Crippen MR) is 29.8 cm³/mol. The van der Waals surface area contributed by atoms with Crippen LogP contribution in [0.1, 0.15) is 13.3 Å². The van der Waals surface area contributed by atoms with E-state index >= 15 is 0 Å². The van der Waals surface area contributed by atoms with Gasteiger partial charge in [-0.25, -0.2) is 0 Å². The molecular formula is C5H12N2. The summed E-state index contributed by atoms with van der Waals surface area (Å²) in [6, 6.07) is 0. The minimum Gasteiger partial charge on any atom is -0.329 e. The minimum absolute atomic E-state index is 0.0278. The Kier molecular flexibility index (Phi) is 0.869. The fraction of sp³-hybridized carbons (Fsp3) is 1.00. The summed E-state index contributed by atoms with van der Waals surface area (Å²) in [6.07, 6.45) is 1.11. The van der Waals surface area contributed by atoms with Crippen molar-refractivity contribution >= 4 is 0 Å². The van der Waals surface area contributed by atoms with Crippen LogP contribution in [0.25, 0.3) is 0 Å². The van der Waals surface area contributed by atoms with E-state index in [1.165, 1.54) is 0 Å². The molecule has 0 aromatic rings. The maximum atomic E-state index is 5.66. The molecule has 1 fully saturated rings. The first-order valence-electron chi connectivity index (χ1n) is 2.68. The quantitative estimate of drug-likeness (QED) is 0.474. The second kappa shape index (κ2) is 1.20. The molecule has 0 radical (unpaired) electrons. The summed E-state index contributed by atoms with van der Waals surface area (Å²) in [6.45, 7) is 2.78. The van der Waals surface area contributed by atoms with Gasteiger partial charge in [0, 0.05) is 12.1 Å². The summed E-state index contributed by atoms with van der Waals surface area (Å²) in [4.78, 5) is 0. The first-order chi connectivity index (χ1) is 3.19. The molecule has 42 valence electrons. The van der Waals surface area contributed by atoms with Crippen LogP contribution in [0.4, 0.5) is 0 Å². The monoisotopic (exact) mass is 100 g/mol. The van der Waals surface area contributed by atoms with Gasteiger partial charge in [-0.3, -0.25) is 0 Å². The van der Waals surface area contributed by atoms with Gasteiger partial charge in [0.05, 0.1) is 0 Å². The molecule has 2 unspecified atom stereocenters. The fourth-order valence-corrected chi connectivity index (χ4v) is 0.796. The molecule has 0 amide bonds.